The van der Waals surface area contributed by atoms with E-state index < -0.39 is 5.60 Å². The van der Waals surface area contributed by atoms with E-state index >= 15 is 0 Å². The minimum absolute atomic E-state index is 0.295. The van der Waals surface area contributed by atoms with E-state index in [0.717, 1.165) is 10.4 Å². The lowest BCUT2D eigenvalue weighted by atomic mass is 10.0. The highest BCUT2D eigenvalue weighted by Crippen LogP contribution is 2.37. The number of hydrogen-bond acceptors (Lipinski definition) is 6. The number of fused-ring (bicyclic) bond motifs is 1. The topological polar surface area (TPSA) is 95.3 Å². The molecule has 146 valence electrons. The first-order chi connectivity index (χ1) is 13.2. The Morgan fingerprint density at radius 2 is 2.14 bits per heavy atom. The van der Waals surface area contributed by atoms with Crippen LogP contribution in [0.2, 0.25) is 5.15 Å². The number of rotatable bonds is 2. The first-order valence-corrected chi connectivity index (χ1v) is 9.83. The van der Waals surface area contributed by atoms with E-state index in [1.54, 1.807) is 11.0 Å². The number of amides is 2. The summed E-state index contributed by atoms with van der Waals surface area (Å²) in [4.78, 5) is 31.2. The molecule has 0 atom stereocenters. The Balaban J connectivity index is 1.79. The molecule has 7 nitrogen and oxygen atoms in total. The standard InChI is InChI=1S/C19H19ClN4O3S/c1-19(2,3)27-18(26)24-7-6-12-13(8-21)17(28-14(12)10-24)23-16(25)11-4-5-15(20)22-9-11/h4-5,9H,6-7,10H2,1-3H3,(H,23,25). The van der Waals surface area contributed by atoms with Crippen molar-refractivity contribution in [2.24, 2.45) is 0 Å². The van der Waals surface area contributed by atoms with E-state index in [0.29, 0.717) is 40.8 Å². The molecule has 9 heteroatoms. The normalized spacial score (nSPS) is 13.5. The molecule has 3 rings (SSSR count). The molecule has 0 aliphatic carbocycles. The third kappa shape index (κ3) is 4.43. The highest BCUT2D eigenvalue weighted by Gasteiger charge is 2.30. The van der Waals surface area contributed by atoms with Crippen LogP contribution in [0.3, 0.4) is 0 Å². The summed E-state index contributed by atoms with van der Waals surface area (Å²) in [5, 5.41) is 13.1. The van der Waals surface area contributed by atoms with Crippen LogP contribution < -0.4 is 5.32 Å². The van der Waals surface area contributed by atoms with Gasteiger partial charge in [-0.1, -0.05) is 11.6 Å². The molecule has 0 fully saturated rings. The van der Waals surface area contributed by atoms with Crippen molar-refractivity contribution in [3.63, 3.8) is 0 Å². The fraction of sp³-hybridized carbons (Fsp3) is 0.368. The number of hydrogen-bond donors (Lipinski definition) is 1. The lowest BCUT2D eigenvalue weighted by Crippen LogP contribution is -2.39. The first kappa shape index (κ1) is 20.1. The Kier molecular flexibility index (Phi) is 5.59. The van der Waals surface area contributed by atoms with Crippen molar-refractivity contribution >= 4 is 39.9 Å². The zero-order valence-electron chi connectivity index (χ0n) is 15.7. The number of pyridine rings is 1. The van der Waals surface area contributed by atoms with Gasteiger partial charge in [0.2, 0.25) is 0 Å². The van der Waals surface area contributed by atoms with Crippen LogP contribution >= 0.6 is 22.9 Å². The van der Waals surface area contributed by atoms with Crippen LogP contribution in [-0.4, -0.2) is 34.0 Å². The quantitative estimate of drug-likeness (QED) is 0.737. The van der Waals surface area contributed by atoms with E-state index in [9.17, 15) is 14.9 Å². The summed E-state index contributed by atoms with van der Waals surface area (Å²) >= 11 is 7.05. The maximum atomic E-state index is 12.5. The number of carbonyl (C=O) groups is 2. The van der Waals surface area contributed by atoms with Crippen LogP contribution in [0.4, 0.5) is 9.80 Å². The smallest absolute Gasteiger partial charge is 0.410 e. The second-order valence-corrected chi connectivity index (χ2v) is 8.79. The van der Waals surface area contributed by atoms with Gasteiger partial charge in [0.05, 0.1) is 17.7 Å². The lowest BCUT2D eigenvalue weighted by molar-refractivity contribution is 0.0226. The number of nitriles is 1. The predicted molar refractivity (Wildman–Crippen MR) is 107 cm³/mol. The number of aromatic nitrogens is 1. The number of thiophene rings is 1. The Labute approximate surface area is 171 Å². The van der Waals surface area contributed by atoms with Crippen LogP contribution in [0.5, 0.6) is 0 Å². The van der Waals surface area contributed by atoms with Crippen molar-refractivity contribution in [2.45, 2.75) is 39.3 Å². The van der Waals surface area contributed by atoms with Crippen molar-refractivity contribution < 1.29 is 14.3 Å². The van der Waals surface area contributed by atoms with Crippen LogP contribution in [0.25, 0.3) is 0 Å². The summed E-state index contributed by atoms with van der Waals surface area (Å²) in [6.07, 6.45) is 1.52. The molecule has 1 aliphatic rings. The van der Waals surface area contributed by atoms with E-state index in [2.05, 4.69) is 16.4 Å². The largest absolute Gasteiger partial charge is 0.444 e. The monoisotopic (exact) mass is 418 g/mol. The molecule has 0 bridgehead atoms. The summed E-state index contributed by atoms with van der Waals surface area (Å²) in [6.45, 7) is 6.26. The number of nitrogens with zero attached hydrogens (tertiary/aromatic N) is 3. The highest BCUT2D eigenvalue weighted by molar-refractivity contribution is 7.16. The van der Waals surface area contributed by atoms with Crippen LogP contribution in [0, 0.1) is 11.3 Å². The summed E-state index contributed by atoms with van der Waals surface area (Å²) in [6, 6.07) is 5.27. The van der Waals surface area contributed by atoms with E-state index in [1.165, 1.54) is 23.6 Å². The molecular weight excluding hydrogens is 400 g/mol. The van der Waals surface area contributed by atoms with Gasteiger partial charge >= 0.3 is 6.09 Å². The third-order valence-corrected chi connectivity index (χ3v) is 5.39. The first-order valence-electron chi connectivity index (χ1n) is 8.63. The summed E-state index contributed by atoms with van der Waals surface area (Å²) in [5.74, 6) is -0.372. The van der Waals surface area contributed by atoms with Crippen molar-refractivity contribution in [3.8, 4) is 6.07 Å². The number of halogens is 1. The Morgan fingerprint density at radius 1 is 1.39 bits per heavy atom. The second kappa shape index (κ2) is 7.78. The number of nitrogens with one attached hydrogen (secondary N) is 1. The molecule has 0 spiro atoms. The summed E-state index contributed by atoms with van der Waals surface area (Å²) in [5.41, 5.74) is 1.09. The number of anilines is 1. The fourth-order valence-corrected chi connectivity index (χ4v) is 4.10. The van der Waals surface area contributed by atoms with Gasteiger partial charge in [0.25, 0.3) is 5.91 Å². The molecular formula is C19H19ClN4O3S. The van der Waals surface area contributed by atoms with E-state index in [1.807, 2.05) is 20.8 Å². The molecule has 3 heterocycles. The molecule has 0 aromatic carbocycles. The van der Waals surface area contributed by atoms with Gasteiger partial charge in [-0.3, -0.25) is 4.79 Å². The zero-order valence-corrected chi connectivity index (χ0v) is 17.3. The van der Waals surface area contributed by atoms with Gasteiger partial charge in [0.1, 0.15) is 21.8 Å². The Morgan fingerprint density at radius 3 is 2.75 bits per heavy atom. The molecule has 2 aromatic heterocycles. The van der Waals surface area contributed by atoms with Gasteiger partial charge in [-0.2, -0.15) is 5.26 Å². The van der Waals surface area contributed by atoms with E-state index in [4.69, 9.17) is 16.3 Å². The molecule has 2 aromatic rings. The van der Waals surface area contributed by atoms with E-state index in [-0.39, 0.29) is 12.0 Å². The second-order valence-electron chi connectivity index (χ2n) is 7.30. The number of carbonyl (C=O) groups excluding carboxylic acids is 2. The molecule has 0 saturated heterocycles. The molecule has 1 aliphatic heterocycles. The summed E-state index contributed by atoms with van der Waals surface area (Å²) < 4.78 is 5.43. The van der Waals surface area contributed by atoms with Gasteiger partial charge in [0, 0.05) is 17.6 Å². The molecule has 2 amide bonds. The maximum Gasteiger partial charge on any atom is 0.410 e. The van der Waals surface area contributed by atoms with Crippen LogP contribution in [0.15, 0.2) is 18.3 Å². The molecule has 28 heavy (non-hydrogen) atoms. The molecule has 0 unspecified atom stereocenters. The van der Waals surface area contributed by atoms with Gasteiger partial charge in [-0.15, -0.1) is 11.3 Å². The Hall–Kier alpha value is -2.63. The van der Waals surface area contributed by atoms with Gasteiger partial charge in [0.15, 0.2) is 0 Å². The Bertz CT molecular complexity index is 957. The van der Waals surface area contributed by atoms with Crippen molar-refractivity contribution in [2.75, 3.05) is 11.9 Å². The highest BCUT2D eigenvalue weighted by atomic mass is 35.5. The van der Waals surface area contributed by atoms with Crippen molar-refractivity contribution in [1.29, 1.82) is 5.26 Å². The fourth-order valence-electron chi connectivity index (χ4n) is 2.78. The molecule has 0 radical (unpaired) electrons. The SMILES string of the molecule is CC(C)(C)OC(=O)N1CCc2c(sc(NC(=O)c3ccc(Cl)nc3)c2C#N)C1. The van der Waals surface area contributed by atoms with Gasteiger partial charge in [-0.05, 0) is 44.9 Å². The predicted octanol–water partition coefficient (Wildman–Crippen LogP) is 4.21. The zero-order chi connectivity index (χ0) is 20.5. The molecule has 0 saturated carbocycles. The lowest BCUT2D eigenvalue weighted by Gasteiger charge is -2.29. The molecule has 1 N–H and O–H groups in total. The number of ether oxygens (including phenoxy) is 1. The maximum absolute atomic E-state index is 12.5. The van der Waals surface area contributed by atoms with Crippen LogP contribution in [0.1, 0.15) is 47.1 Å². The average molecular weight is 419 g/mol. The van der Waals surface area contributed by atoms with Crippen LogP contribution in [-0.2, 0) is 17.7 Å². The van der Waals surface area contributed by atoms with Gasteiger partial charge < -0.3 is 15.0 Å². The summed E-state index contributed by atoms with van der Waals surface area (Å²) in [7, 11) is 0. The minimum Gasteiger partial charge on any atom is -0.444 e. The van der Waals surface area contributed by atoms with Gasteiger partial charge in [-0.25, -0.2) is 9.78 Å². The van der Waals surface area contributed by atoms with Crippen molar-refractivity contribution in [1.82, 2.24) is 9.88 Å². The average Bonchev–Trinajstić information content (AvgIpc) is 2.96. The van der Waals surface area contributed by atoms with Crippen molar-refractivity contribution in [3.05, 3.63) is 45.1 Å². The minimum atomic E-state index is -0.573. The third-order valence-electron chi connectivity index (χ3n) is 4.04.